The second-order valence-corrected chi connectivity index (χ2v) is 6.15. The highest BCUT2D eigenvalue weighted by Crippen LogP contribution is 2.15. The number of carbonyl (C=O) groups excluding carboxylic acids is 1. The number of piperidine rings is 1. The molecule has 0 spiro atoms. The predicted octanol–water partition coefficient (Wildman–Crippen LogP) is 2.94. The molecular weight excluding hydrogens is 304 g/mol. The van der Waals surface area contributed by atoms with E-state index in [1.165, 1.54) is 12.8 Å². The molecule has 19 heavy (non-hydrogen) atoms. The molecule has 0 aromatic heterocycles. The molecule has 1 aliphatic rings. The maximum Gasteiger partial charge on any atom is 0.224 e. The van der Waals surface area contributed by atoms with Gasteiger partial charge in [0.05, 0.1) is 0 Å². The van der Waals surface area contributed by atoms with Gasteiger partial charge >= 0.3 is 0 Å². The Labute approximate surface area is 123 Å². The van der Waals surface area contributed by atoms with Gasteiger partial charge in [-0.2, -0.15) is 0 Å². The molecule has 1 N–H and O–H groups in total. The van der Waals surface area contributed by atoms with Crippen LogP contribution in [0.3, 0.4) is 0 Å². The minimum atomic E-state index is 0.222. The fourth-order valence-electron chi connectivity index (χ4n) is 2.46. The number of amides is 1. The molecule has 0 aliphatic carbocycles. The first kappa shape index (κ1) is 14.5. The van der Waals surface area contributed by atoms with Crippen molar-refractivity contribution in [2.45, 2.75) is 38.3 Å². The number of rotatable bonds is 4. The van der Waals surface area contributed by atoms with Gasteiger partial charge in [-0.3, -0.25) is 4.79 Å². The zero-order chi connectivity index (χ0) is 13.7. The van der Waals surface area contributed by atoms with Crippen LogP contribution in [0.2, 0.25) is 0 Å². The summed E-state index contributed by atoms with van der Waals surface area (Å²) in [6.07, 6.45) is 4.21. The molecule has 1 fully saturated rings. The summed E-state index contributed by atoms with van der Waals surface area (Å²) in [7, 11) is 1.88. The van der Waals surface area contributed by atoms with Crippen molar-refractivity contribution >= 4 is 21.8 Å². The Morgan fingerprint density at radius 3 is 3.00 bits per heavy atom. The van der Waals surface area contributed by atoms with Crippen LogP contribution in [0.25, 0.3) is 0 Å². The molecule has 1 saturated heterocycles. The van der Waals surface area contributed by atoms with Gasteiger partial charge < -0.3 is 10.2 Å². The van der Waals surface area contributed by atoms with Gasteiger partial charge in [-0.15, -0.1) is 0 Å². The third-order valence-corrected chi connectivity index (χ3v) is 4.06. The van der Waals surface area contributed by atoms with Gasteiger partial charge in [-0.05, 0) is 37.1 Å². The van der Waals surface area contributed by atoms with E-state index in [1.807, 2.05) is 30.1 Å². The van der Waals surface area contributed by atoms with Gasteiger partial charge in [-0.25, -0.2) is 0 Å². The standard InChI is InChI=1S/C15H21BrN2O/c1-18(11-12-5-4-6-13(16)9-12)15(19)10-14-7-2-3-8-17-14/h4-6,9,14,17H,2-3,7-8,10-11H2,1H3. The average Bonchev–Trinajstić information content (AvgIpc) is 2.40. The van der Waals surface area contributed by atoms with Crippen molar-refractivity contribution in [3.8, 4) is 0 Å². The summed E-state index contributed by atoms with van der Waals surface area (Å²) < 4.78 is 1.06. The van der Waals surface area contributed by atoms with Crippen molar-refractivity contribution in [3.63, 3.8) is 0 Å². The topological polar surface area (TPSA) is 32.3 Å². The van der Waals surface area contributed by atoms with Gasteiger partial charge in [0.1, 0.15) is 0 Å². The average molecular weight is 325 g/mol. The number of nitrogens with zero attached hydrogens (tertiary/aromatic N) is 1. The maximum atomic E-state index is 12.2. The van der Waals surface area contributed by atoms with Crippen LogP contribution in [0.15, 0.2) is 28.7 Å². The van der Waals surface area contributed by atoms with Crippen LogP contribution in [-0.2, 0) is 11.3 Å². The molecule has 2 rings (SSSR count). The number of hydrogen-bond donors (Lipinski definition) is 1. The Kier molecular flexibility index (Phi) is 5.40. The highest BCUT2D eigenvalue weighted by Gasteiger charge is 2.18. The van der Waals surface area contributed by atoms with Crippen LogP contribution >= 0.6 is 15.9 Å². The number of hydrogen-bond acceptors (Lipinski definition) is 2. The zero-order valence-electron chi connectivity index (χ0n) is 11.4. The van der Waals surface area contributed by atoms with Gasteiger partial charge in [0.15, 0.2) is 0 Å². The first-order valence-electron chi connectivity index (χ1n) is 6.87. The second kappa shape index (κ2) is 7.06. The highest BCUT2D eigenvalue weighted by molar-refractivity contribution is 9.10. The van der Waals surface area contributed by atoms with E-state index in [0.29, 0.717) is 19.0 Å². The third-order valence-electron chi connectivity index (χ3n) is 3.57. The summed E-state index contributed by atoms with van der Waals surface area (Å²) >= 11 is 3.46. The fourth-order valence-corrected chi connectivity index (χ4v) is 2.91. The lowest BCUT2D eigenvalue weighted by Gasteiger charge is -2.25. The molecule has 1 amide bonds. The molecule has 1 aromatic carbocycles. The largest absolute Gasteiger partial charge is 0.341 e. The molecule has 0 bridgehead atoms. The molecule has 1 atom stereocenters. The van der Waals surface area contributed by atoms with Crippen LogP contribution < -0.4 is 5.32 Å². The minimum absolute atomic E-state index is 0.222. The van der Waals surface area contributed by atoms with E-state index in [9.17, 15) is 4.79 Å². The number of halogens is 1. The molecule has 1 aromatic rings. The molecule has 1 heterocycles. The smallest absolute Gasteiger partial charge is 0.224 e. The second-order valence-electron chi connectivity index (χ2n) is 5.23. The minimum Gasteiger partial charge on any atom is -0.341 e. The van der Waals surface area contributed by atoms with E-state index >= 15 is 0 Å². The Balaban J connectivity index is 1.84. The normalized spacial score (nSPS) is 19.2. The maximum absolute atomic E-state index is 12.2. The van der Waals surface area contributed by atoms with E-state index < -0.39 is 0 Å². The lowest BCUT2D eigenvalue weighted by molar-refractivity contribution is -0.131. The quantitative estimate of drug-likeness (QED) is 0.923. The van der Waals surface area contributed by atoms with Crippen LogP contribution in [0.1, 0.15) is 31.2 Å². The molecule has 0 radical (unpaired) electrons. The predicted molar refractivity (Wildman–Crippen MR) is 80.9 cm³/mol. The van der Waals surface area contributed by atoms with Crippen molar-refractivity contribution in [2.75, 3.05) is 13.6 Å². The van der Waals surface area contributed by atoms with Gasteiger partial charge in [0, 0.05) is 30.5 Å². The van der Waals surface area contributed by atoms with Crippen LogP contribution in [-0.4, -0.2) is 30.4 Å². The summed E-state index contributed by atoms with van der Waals surface area (Å²) in [5.74, 6) is 0.222. The number of nitrogens with one attached hydrogen (secondary N) is 1. The van der Waals surface area contributed by atoms with E-state index in [4.69, 9.17) is 0 Å². The van der Waals surface area contributed by atoms with Crippen LogP contribution in [0.5, 0.6) is 0 Å². The summed E-state index contributed by atoms with van der Waals surface area (Å²) in [4.78, 5) is 14.0. The Morgan fingerprint density at radius 2 is 2.32 bits per heavy atom. The summed E-state index contributed by atoms with van der Waals surface area (Å²) in [6, 6.07) is 8.47. The van der Waals surface area contributed by atoms with Crippen molar-refractivity contribution < 1.29 is 4.79 Å². The van der Waals surface area contributed by atoms with Crippen molar-refractivity contribution in [2.24, 2.45) is 0 Å². The summed E-state index contributed by atoms with van der Waals surface area (Å²) in [6.45, 7) is 1.72. The monoisotopic (exact) mass is 324 g/mol. The van der Waals surface area contributed by atoms with E-state index in [-0.39, 0.29) is 5.91 Å². The first-order valence-corrected chi connectivity index (χ1v) is 7.66. The molecule has 1 unspecified atom stereocenters. The molecule has 1 aliphatic heterocycles. The van der Waals surface area contributed by atoms with Crippen LogP contribution in [0, 0.1) is 0 Å². The van der Waals surface area contributed by atoms with Crippen molar-refractivity contribution in [3.05, 3.63) is 34.3 Å². The van der Waals surface area contributed by atoms with Gasteiger partial charge in [0.25, 0.3) is 0 Å². The van der Waals surface area contributed by atoms with E-state index in [2.05, 4.69) is 27.3 Å². The highest BCUT2D eigenvalue weighted by atomic mass is 79.9. The van der Waals surface area contributed by atoms with Gasteiger partial charge in [-0.1, -0.05) is 34.5 Å². The summed E-state index contributed by atoms with van der Waals surface area (Å²) in [5.41, 5.74) is 1.15. The van der Waals surface area contributed by atoms with Crippen molar-refractivity contribution in [1.29, 1.82) is 0 Å². The fraction of sp³-hybridized carbons (Fsp3) is 0.533. The molecular formula is C15H21BrN2O. The lowest BCUT2D eigenvalue weighted by atomic mass is 10.0. The molecule has 0 saturated carbocycles. The Hall–Kier alpha value is -0.870. The number of benzene rings is 1. The molecule has 104 valence electrons. The SMILES string of the molecule is CN(Cc1cccc(Br)c1)C(=O)CC1CCCCN1. The van der Waals surface area contributed by atoms with E-state index in [0.717, 1.165) is 23.0 Å². The van der Waals surface area contributed by atoms with Crippen LogP contribution in [0.4, 0.5) is 0 Å². The third kappa shape index (κ3) is 4.62. The van der Waals surface area contributed by atoms with Gasteiger partial charge in [0.2, 0.25) is 5.91 Å². The van der Waals surface area contributed by atoms with E-state index in [1.54, 1.807) is 0 Å². The Morgan fingerprint density at radius 1 is 1.47 bits per heavy atom. The zero-order valence-corrected chi connectivity index (χ0v) is 12.9. The lowest BCUT2D eigenvalue weighted by Crippen LogP contribution is -2.39. The molecule has 3 nitrogen and oxygen atoms in total. The number of carbonyl (C=O) groups is 1. The molecule has 4 heteroatoms. The Bertz CT molecular complexity index is 430. The summed E-state index contributed by atoms with van der Waals surface area (Å²) in [5, 5.41) is 3.42. The van der Waals surface area contributed by atoms with Crippen molar-refractivity contribution in [1.82, 2.24) is 10.2 Å². The first-order chi connectivity index (χ1) is 9.15.